The van der Waals surface area contributed by atoms with Gasteiger partial charge in [-0.3, -0.25) is 9.69 Å². The highest BCUT2D eigenvalue weighted by Crippen LogP contribution is 2.32. The zero-order valence-corrected chi connectivity index (χ0v) is 12.7. The monoisotopic (exact) mass is 292 g/mol. The maximum Gasteiger partial charge on any atom is 0.228 e. The van der Waals surface area contributed by atoms with Crippen molar-refractivity contribution in [2.24, 2.45) is 0 Å². The molecule has 3 N–H and O–H groups in total. The summed E-state index contributed by atoms with van der Waals surface area (Å²) < 4.78 is 0. The Morgan fingerprint density at radius 1 is 1.24 bits per heavy atom. The van der Waals surface area contributed by atoms with Gasteiger partial charge in [-0.25, -0.2) is 0 Å². The third kappa shape index (κ3) is 3.61. The summed E-state index contributed by atoms with van der Waals surface area (Å²) in [7, 11) is 0. The largest absolute Gasteiger partial charge is 0.361 e. The summed E-state index contributed by atoms with van der Waals surface area (Å²) in [5.74, 6) is -2.05. The van der Waals surface area contributed by atoms with Gasteiger partial charge in [0.25, 0.3) is 0 Å². The lowest BCUT2D eigenvalue weighted by Gasteiger charge is -2.31. The van der Waals surface area contributed by atoms with Crippen LogP contribution in [0.1, 0.15) is 37.8 Å². The first-order valence-corrected chi connectivity index (χ1v) is 7.57. The first-order valence-electron chi connectivity index (χ1n) is 7.57. The molecule has 0 saturated carbocycles. The van der Waals surface area contributed by atoms with Crippen LogP contribution in [0.5, 0.6) is 0 Å². The number of amides is 1. The zero-order valence-electron chi connectivity index (χ0n) is 12.7. The van der Waals surface area contributed by atoms with Gasteiger partial charge in [0, 0.05) is 11.3 Å². The quantitative estimate of drug-likeness (QED) is 0.665. The number of carbonyl (C=O) groups is 1. The Morgan fingerprint density at radius 3 is 2.52 bits per heavy atom. The average molecular weight is 292 g/mol. The van der Waals surface area contributed by atoms with Gasteiger partial charge >= 0.3 is 0 Å². The van der Waals surface area contributed by atoms with Crippen molar-refractivity contribution in [1.82, 2.24) is 4.90 Å². The molecule has 116 valence electrons. The molecule has 0 fully saturated rings. The highest BCUT2D eigenvalue weighted by molar-refractivity contribution is 5.99. The minimum Gasteiger partial charge on any atom is -0.361 e. The van der Waals surface area contributed by atoms with Crippen LogP contribution in [0.15, 0.2) is 18.2 Å². The smallest absolute Gasteiger partial charge is 0.228 e. The minimum atomic E-state index is -1.94. The van der Waals surface area contributed by atoms with E-state index >= 15 is 0 Å². The van der Waals surface area contributed by atoms with Gasteiger partial charge in [-0.15, -0.1) is 0 Å². The molecule has 2 rings (SSSR count). The number of hydrogen-bond donors (Lipinski definition) is 3. The van der Waals surface area contributed by atoms with Gasteiger partial charge < -0.3 is 15.5 Å². The molecule has 0 unspecified atom stereocenters. The molecule has 5 heteroatoms. The van der Waals surface area contributed by atoms with E-state index in [1.54, 1.807) is 18.2 Å². The summed E-state index contributed by atoms with van der Waals surface area (Å²) in [6.07, 6.45) is 2.13. The molecule has 21 heavy (non-hydrogen) atoms. The molecular weight excluding hydrogens is 268 g/mol. The third-order valence-corrected chi connectivity index (χ3v) is 3.74. The molecule has 0 bridgehead atoms. The van der Waals surface area contributed by atoms with Crippen LogP contribution in [0.3, 0.4) is 0 Å². The Kier molecular flexibility index (Phi) is 4.98. The van der Waals surface area contributed by atoms with Crippen molar-refractivity contribution in [2.45, 2.75) is 38.9 Å². The van der Waals surface area contributed by atoms with Crippen LogP contribution in [0.25, 0.3) is 0 Å². The summed E-state index contributed by atoms with van der Waals surface area (Å²) >= 11 is 0. The molecule has 1 aromatic rings. The molecule has 0 aliphatic carbocycles. The lowest BCUT2D eigenvalue weighted by molar-refractivity contribution is -0.183. The summed E-state index contributed by atoms with van der Waals surface area (Å²) in [6.45, 7) is 5.94. The predicted molar refractivity (Wildman–Crippen MR) is 81.9 cm³/mol. The number of anilines is 1. The van der Waals surface area contributed by atoms with E-state index in [1.807, 2.05) is 4.90 Å². The lowest BCUT2D eigenvalue weighted by Crippen LogP contribution is -2.42. The maximum absolute atomic E-state index is 11.5. The fraction of sp³-hybridized carbons (Fsp3) is 0.562. The van der Waals surface area contributed by atoms with Crippen LogP contribution >= 0.6 is 0 Å². The van der Waals surface area contributed by atoms with Crippen LogP contribution in [0.2, 0.25) is 0 Å². The normalized spacial score (nSPS) is 14.4. The Hall–Kier alpha value is -1.43. The zero-order chi connectivity index (χ0) is 15.5. The first kappa shape index (κ1) is 15.9. The molecule has 0 saturated heterocycles. The van der Waals surface area contributed by atoms with Crippen LogP contribution in [0, 0.1) is 0 Å². The number of nitrogens with zero attached hydrogens (tertiary/aromatic N) is 1. The van der Waals surface area contributed by atoms with Gasteiger partial charge in [-0.05, 0) is 37.6 Å². The van der Waals surface area contributed by atoms with E-state index in [-0.39, 0.29) is 18.9 Å². The van der Waals surface area contributed by atoms with Gasteiger partial charge in [-0.1, -0.05) is 26.0 Å². The highest BCUT2D eigenvalue weighted by atomic mass is 16.5. The number of carbonyl (C=O) groups excluding carboxylic acids is 1. The van der Waals surface area contributed by atoms with Crippen LogP contribution in [0.4, 0.5) is 5.69 Å². The van der Waals surface area contributed by atoms with Crippen LogP contribution < -0.4 is 5.32 Å². The molecule has 1 aromatic carbocycles. The van der Waals surface area contributed by atoms with Gasteiger partial charge in [0.05, 0.1) is 13.0 Å². The maximum atomic E-state index is 11.5. The highest BCUT2D eigenvalue weighted by Gasteiger charge is 2.34. The Morgan fingerprint density at radius 2 is 1.90 bits per heavy atom. The Bertz CT molecular complexity index is 508. The van der Waals surface area contributed by atoms with Gasteiger partial charge in [0.2, 0.25) is 11.7 Å². The standard InChI is InChI=1S/C16H24N2O3/c1-3-8-18(9-4-2)11-16(20,21)13-6-5-7-14-12(13)10-15(19)17-14/h5-7,20-21H,3-4,8-11H2,1-2H3,(H,17,19). The van der Waals surface area contributed by atoms with Crippen molar-refractivity contribution in [3.63, 3.8) is 0 Å². The second-order valence-electron chi connectivity index (χ2n) is 5.65. The summed E-state index contributed by atoms with van der Waals surface area (Å²) in [5.41, 5.74) is 1.80. The van der Waals surface area contributed by atoms with Crippen LogP contribution in [-0.2, 0) is 17.0 Å². The fourth-order valence-corrected chi connectivity index (χ4v) is 2.92. The second-order valence-corrected chi connectivity index (χ2v) is 5.65. The number of aliphatic hydroxyl groups is 2. The lowest BCUT2D eigenvalue weighted by atomic mass is 9.96. The van der Waals surface area contributed by atoms with E-state index in [4.69, 9.17) is 0 Å². The number of hydrogen-bond acceptors (Lipinski definition) is 4. The van der Waals surface area contributed by atoms with Crippen molar-refractivity contribution in [3.8, 4) is 0 Å². The minimum absolute atomic E-state index is 0.104. The number of rotatable bonds is 7. The van der Waals surface area contributed by atoms with Crippen molar-refractivity contribution in [2.75, 3.05) is 25.0 Å². The molecule has 0 aromatic heterocycles. The molecule has 5 nitrogen and oxygen atoms in total. The summed E-state index contributed by atoms with van der Waals surface area (Å²) in [5, 5.41) is 23.8. The molecule has 1 aliphatic heterocycles. The molecule has 0 atom stereocenters. The SMILES string of the molecule is CCCN(CCC)CC(O)(O)c1cccc2c1CC(=O)N2. The molecule has 1 heterocycles. The van der Waals surface area contributed by atoms with Crippen molar-refractivity contribution < 1.29 is 15.0 Å². The molecular formula is C16H24N2O3. The Labute approximate surface area is 125 Å². The predicted octanol–water partition coefficient (Wildman–Crippen LogP) is 1.44. The van der Waals surface area contributed by atoms with Gasteiger partial charge in [-0.2, -0.15) is 0 Å². The van der Waals surface area contributed by atoms with E-state index in [1.165, 1.54) is 0 Å². The summed E-state index contributed by atoms with van der Waals surface area (Å²) in [4.78, 5) is 13.6. The molecule has 0 radical (unpaired) electrons. The van der Waals surface area contributed by atoms with Crippen LogP contribution in [-0.4, -0.2) is 40.7 Å². The van der Waals surface area contributed by atoms with E-state index < -0.39 is 5.79 Å². The third-order valence-electron chi connectivity index (χ3n) is 3.74. The van der Waals surface area contributed by atoms with E-state index in [2.05, 4.69) is 19.2 Å². The average Bonchev–Trinajstić information content (AvgIpc) is 2.78. The van der Waals surface area contributed by atoms with Gasteiger partial charge in [0.15, 0.2) is 0 Å². The Balaban J connectivity index is 2.23. The fourth-order valence-electron chi connectivity index (χ4n) is 2.92. The number of fused-ring (bicyclic) bond motifs is 1. The topological polar surface area (TPSA) is 72.8 Å². The second kappa shape index (κ2) is 6.56. The number of nitrogens with one attached hydrogen (secondary N) is 1. The van der Waals surface area contributed by atoms with E-state index in [0.29, 0.717) is 16.8 Å². The molecule has 0 spiro atoms. The molecule has 1 amide bonds. The molecule has 1 aliphatic rings. The van der Waals surface area contributed by atoms with Crippen molar-refractivity contribution in [3.05, 3.63) is 29.3 Å². The van der Waals surface area contributed by atoms with E-state index in [9.17, 15) is 15.0 Å². The number of benzene rings is 1. The first-order chi connectivity index (χ1) is 9.97. The summed E-state index contributed by atoms with van der Waals surface area (Å²) in [6, 6.07) is 5.22. The van der Waals surface area contributed by atoms with Gasteiger partial charge in [0.1, 0.15) is 0 Å². The van der Waals surface area contributed by atoms with Crippen molar-refractivity contribution >= 4 is 11.6 Å². The van der Waals surface area contributed by atoms with Crippen molar-refractivity contribution in [1.29, 1.82) is 0 Å². The van der Waals surface area contributed by atoms with E-state index in [0.717, 1.165) is 25.9 Å².